The highest BCUT2D eigenvalue weighted by molar-refractivity contribution is 7.87. The number of likely N-dealkylation sites (N-methyl/N-ethyl adjacent to an activating group) is 1. The highest BCUT2D eigenvalue weighted by Crippen LogP contribution is 2.54. The molecule has 20 nitrogen and oxygen atoms in total. The number of benzene rings is 4. The first-order valence-corrected chi connectivity index (χ1v) is 28.3. The molecule has 0 saturated carbocycles. The van der Waals surface area contributed by atoms with Gasteiger partial charge in [-0.2, -0.15) is 46.7 Å². The van der Waals surface area contributed by atoms with Crippen molar-refractivity contribution in [3.05, 3.63) is 83.6 Å². The number of carbonyl (C=O) groups is 1. The third-order valence-electron chi connectivity index (χ3n) is 12.6. The molecule has 0 bridgehead atoms. The monoisotopic (exact) mass is 1040 g/mol. The van der Waals surface area contributed by atoms with Gasteiger partial charge in [0.25, 0.3) is 50.6 Å². The van der Waals surface area contributed by atoms with Gasteiger partial charge >= 0.3 is 5.97 Å². The summed E-state index contributed by atoms with van der Waals surface area (Å²) in [6.45, 7) is 5.98. The number of rotatable bonds is 20. The second-order valence-corrected chi connectivity index (χ2v) is 24.2. The molecule has 2 aliphatic heterocycles. The first-order chi connectivity index (χ1) is 31.4. The van der Waals surface area contributed by atoms with Gasteiger partial charge in [-0.3, -0.25) is 27.6 Å². The largest absolute Gasteiger partial charge is 0.481 e. The summed E-state index contributed by atoms with van der Waals surface area (Å²) in [5.41, 5.74) is 0.223. The van der Waals surface area contributed by atoms with E-state index in [1.54, 1.807) is 31.2 Å². The quantitative estimate of drug-likeness (QED) is 0.0340. The molecule has 0 saturated heterocycles. The summed E-state index contributed by atoms with van der Waals surface area (Å²) < 4.78 is 183. The molecule has 2 unspecified atom stereocenters. The lowest BCUT2D eigenvalue weighted by Gasteiger charge is -2.30. The smallest absolute Gasteiger partial charge is 0.303 e. The zero-order chi connectivity index (χ0) is 50.6. The minimum absolute atomic E-state index is 0.0318. The molecule has 4 aromatic carbocycles. The number of aliphatic carboxylic acids is 1. The van der Waals surface area contributed by atoms with Crippen LogP contribution < -0.4 is 4.90 Å². The Morgan fingerprint density at radius 1 is 0.691 bits per heavy atom. The van der Waals surface area contributed by atoms with E-state index in [0.717, 1.165) is 12.1 Å². The molecular formula is C43H51N2O18S5+. The maximum atomic E-state index is 12.8. The van der Waals surface area contributed by atoms with Crippen molar-refractivity contribution < 1.29 is 84.1 Å². The summed E-state index contributed by atoms with van der Waals surface area (Å²) in [6.07, 6.45) is 6.09. The van der Waals surface area contributed by atoms with E-state index >= 15 is 0 Å². The summed E-state index contributed by atoms with van der Waals surface area (Å²) in [7, 11) is -23.4. The van der Waals surface area contributed by atoms with Crippen molar-refractivity contribution in [2.24, 2.45) is 0 Å². The normalized spacial score (nSPS) is 19.8. The number of unbranched alkanes of at least 4 members (excludes halogenated alkanes) is 2. The van der Waals surface area contributed by atoms with Crippen LogP contribution in [0.4, 0.5) is 11.4 Å². The SMILES string of the molecule is CCN1/C(=C/C=C/C2=[N+](CCCCCC(=O)O)c3ccc4c(S(=O)(=O)O)cc(S(=O)(=O)O)cc4c3C2(C)CCCS(=O)(=O)O)C(C)(CCOC)c2c1ccc1c(S(=O)(=O)O)cc(S(=O)(=O)O)cc21. The van der Waals surface area contributed by atoms with Gasteiger partial charge in [0.2, 0.25) is 5.69 Å². The number of hydrogen-bond acceptors (Lipinski definition) is 13. The van der Waals surface area contributed by atoms with E-state index < -0.39 is 92.7 Å². The Labute approximate surface area is 394 Å². The Balaban J connectivity index is 1.65. The molecule has 0 amide bonds. The molecule has 2 heterocycles. The molecule has 370 valence electrons. The molecule has 25 heteroatoms. The molecule has 0 spiro atoms. The number of methoxy groups -OCH3 is 1. The zero-order valence-corrected chi connectivity index (χ0v) is 41.2. The molecule has 0 aliphatic carbocycles. The van der Waals surface area contributed by atoms with Crippen LogP contribution in [-0.4, -0.2) is 119 Å². The topological polar surface area (TPSA) is 325 Å². The van der Waals surface area contributed by atoms with E-state index in [4.69, 9.17) is 4.74 Å². The molecule has 6 rings (SSSR count). The van der Waals surface area contributed by atoms with Gasteiger partial charge in [0.1, 0.15) is 16.3 Å². The number of carboxylic acids is 1. The lowest BCUT2D eigenvalue weighted by Crippen LogP contribution is -2.32. The van der Waals surface area contributed by atoms with Gasteiger partial charge in [-0.15, -0.1) is 0 Å². The minimum Gasteiger partial charge on any atom is -0.481 e. The van der Waals surface area contributed by atoms with Crippen molar-refractivity contribution in [1.82, 2.24) is 0 Å². The van der Waals surface area contributed by atoms with E-state index in [-0.39, 0.29) is 65.9 Å². The average Bonchev–Trinajstić information content (AvgIpc) is 3.60. The van der Waals surface area contributed by atoms with Crippen LogP contribution in [0.1, 0.15) is 76.8 Å². The molecule has 68 heavy (non-hydrogen) atoms. The number of allylic oxidation sites excluding steroid dienone is 4. The van der Waals surface area contributed by atoms with Crippen LogP contribution in [0.2, 0.25) is 0 Å². The second kappa shape index (κ2) is 18.9. The Kier molecular flexibility index (Phi) is 14.7. The van der Waals surface area contributed by atoms with Gasteiger partial charge in [0.15, 0.2) is 5.71 Å². The molecule has 2 atom stereocenters. The van der Waals surface area contributed by atoms with Crippen molar-refractivity contribution >= 4 is 95.2 Å². The summed E-state index contributed by atoms with van der Waals surface area (Å²) in [4.78, 5) is 9.99. The van der Waals surface area contributed by atoms with Gasteiger partial charge in [0.05, 0.1) is 21.0 Å². The van der Waals surface area contributed by atoms with Crippen LogP contribution in [0.25, 0.3) is 21.5 Å². The number of hydrogen-bond donors (Lipinski definition) is 6. The highest BCUT2D eigenvalue weighted by atomic mass is 32.2. The Morgan fingerprint density at radius 2 is 1.25 bits per heavy atom. The summed E-state index contributed by atoms with van der Waals surface area (Å²) >= 11 is 0. The van der Waals surface area contributed by atoms with Crippen molar-refractivity contribution in [3.63, 3.8) is 0 Å². The van der Waals surface area contributed by atoms with Gasteiger partial charge < -0.3 is 14.7 Å². The van der Waals surface area contributed by atoms with E-state index in [9.17, 15) is 74.8 Å². The summed E-state index contributed by atoms with van der Waals surface area (Å²) in [5.74, 6) is -1.71. The lowest BCUT2D eigenvalue weighted by atomic mass is 9.74. The van der Waals surface area contributed by atoms with E-state index in [2.05, 4.69) is 0 Å². The number of fused-ring (bicyclic) bond motifs is 6. The number of anilines is 1. The number of ether oxygens (including phenoxy) is 1. The van der Waals surface area contributed by atoms with Crippen LogP contribution in [0.5, 0.6) is 0 Å². The van der Waals surface area contributed by atoms with E-state index in [1.165, 1.54) is 25.3 Å². The fourth-order valence-electron chi connectivity index (χ4n) is 9.68. The van der Waals surface area contributed by atoms with E-state index in [1.807, 2.05) is 23.3 Å². The predicted octanol–water partition coefficient (Wildman–Crippen LogP) is 5.92. The molecule has 2 aliphatic rings. The van der Waals surface area contributed by atoms with Crippen molar-refractivity contribution in [2.45, 2.75) is 96.1 Å². The fourth-order valence-corrected chi connectivity index (χ4v) is 12.9. The maximum absolute atomic E-state index is 12.8. The Hall–Kier alpha value is -4.67. The van der Waals surface area contributed by atoms with Gasteiger partial charge in [0, 0.05) is 78.4 Å². The van der Waals surface area contributed by atoms with Gasteiger partial charge in [-0.1, -0.05) is 12.1 Å². The van der Waals surface area contributed by atoms with Crippen LogP contribution in [0, 0.1) is 0 Å². The fraction of sp³-hybridized carbons (Fsp3) is 0.395. The molecule has 0 radical (unpaired) electrons. The summed E-state index contributed by atoms with van der Waals surface area (Å²) in [6, 6.07) is 9.35. The molecule has 4 aromatic rings. The Morgan fingerprint density at radius 3 is 1.75 bits per heavy atom. The highest BCUT2D eigenvalue weighted by Gasteiger charge is 2.50. The number of carboxylic acid groups (broad SMARTS) is 1. The van der Waals surface area contributed by atoms with Gasteiger partial charge in [-0.25, -0.2) is 0 Å². The van der Waals surface area contributed by atoms with Crippen LogP contribution in [0.3, 0.4) is 0 Å². The van der Waals surface area contributed by atoms with Crippen LogP contribution in [-0.2, 0) is 71.0 Å². The third kappa shape index (κ3) is 10.4. The third-order valence-corrected chi connectivity index (χ3v) is 16.9. The van der Waals surface area contributed by atoms with E-state index in [0.29, 0.717) is 66.3 Å². The Bertz CT molecular complexity index is 3420. The minimum atomic E-state index is -5.14. The average molecular weight is 1040 g/mol. The lowest BCUT2D eigenvalue weighted by molar-refractivity contribution is -0.438. The van der Waals surface area contributed by atoms with Crippen LogP contribution >= 0.6 is 0 Å². The molecule has 0 fully saturated rings. The standard InChI is InChI=1S/C43H50N2O18S5/c1-5-44-33-16-14-29-31(23-27(65(51,52)53)25-35(29)67(57,58)59)40(33)43(3,19-21-63-4)37(44)11-9-12-38-42(2,18-10-22-64(48,49)50)41-32-24-28(66(54,55)56)26-36(68(60,61)62)30(32)15-17-34(41)45(38)20-8-6-7-13-39(46)47/h9,11-12,14-17,23-26H,5-8,10,13,18-22H2,1-4H3,(H5-,46,47,48,49,50,51,52,53,54,55,56,57,58,59,60,61,62)/p+1. The van der Waals surface area contributed by atoms with Crippen molar-refractivity contribution in [3.8, 4) is 0 Å². The maximum Gasteiger partial charge on any atom is 0.303 e. The predicted molar refractivity (Wildman–Crippen MR) is 250 cm³/mol. The summed E-state index contributed by atoms with van der Waals surface area (Å²) in [5, 5.41) is 9.18. The molecule has 0 aromatic heterocycles. The van der Waals surface area contributed by atoms with Gasteiger partial charge in [-0.05, 0) is 112 Å². The first kappa shape index (κ1) is 52.7. The second-order valence-electron chi connectivity index (χ2n) is 17.0. The zero-order valence-electron chi connectivity index (χ0n) is 37.1. The van der Waals surface area contributed by atoms with Crippen molar-refractivity contribution in [2.75, 3.05) is 37.5 Å². The van der Waals surface area contributed by atoms with Crippen LogP contribution in [0.15, 0.2) is 92.0 Å². The molecular weight excluding hydrogens is 993 g/mol. The van der Waals surface area contributed by atoms with Crippen molar-refractivity contribution in [1.29, 1.82) is 0 Å². The molecule has 6 N–H and O–H groups in total. The first-order valence-electron chi connectivity index (χ1n) is 21.0. The number of nitrogens with zero attached hydrogens (tertiary/aromatic N) is 2.